The van der Waals surface area contributed by atoms with E-state index in [1.807, 2.05) is 5.38 Å². The second-order valence-electron chi connectivity index (χ2n) is 4.33. The second-order valence-corrected chi connectivity index (χ2v) is 6.09. The van der Waals surface area contributed by atoms with E-state index in [1.54, 1.807) is 22.7 Å². The first-order chi connectivity index (χ1) is 8.93. The molecule has 0 unspecified atom stereocenters. The number of ether oxygens (including phenoxy) is 3. The lowest BCUT2D eigenvalue weighted by molar-refractivity contribution is 0.174. The molecule has 0 bridgehead atoms. The molecule has 0 aromatic carbocycles. The lowest BCUT2D eigenvalue weighted by atomic mass is 10.1. The zero-order valence-corrected chi connectivity index (χ0v) is 11.4. The molecule has 2 aliphatic rings. The lowest BCUT2D eigenvalue weighted by Crippen LogP contribution is -2.14. The van der Waals surface area contributed by atoms with Gasteiger partial charge in [0.2, 0.25) is 0 Å². The summed E-state index contributed by atoms with van der Waals surface area (Å²) in [6.45, 7) is 2.09. The van der Waals surface area contributed by atoms with E-state index in [4.69, 9.17) is 14.2 Å². The van der Waals surface area contributed by atoms with Gasteiger partial charge in [0.25, 0.3) is 0 Å². The molecule has 0 saturated heterocycles. The van der Waals surface area contributed by atoms with Crippen molar-refractivity contribution in [3.05, 3.63) is 16.3 Å². The van der Waals surface area contributed by atoms with Gasteiger partial charge >= 0.3 is 0 Å². The fourth-order valence-corrected chi connectivity index (χ4v) is 4.46. The fourth-order valence-electron chi connectivity index (χ4n) is 2.33. The maximum absolute atomic E-state index is 5.83. The van der Waals surface area contributed by atoms with Crippen molar-refractivity contribution in [1.29, 1.82) is 0 Å². The summed E-state index contributed by atoms with van der Waals surface area (Å²) in [5.74, 6) is 2.83. The van der Waals surface area contributed by atoms with E-state index in [1.165, 1.54) is 10.4 Å². The Balaban J connectivity index is 1.83. The third-order valence-electron chi connectivity index (χ3n) is 3.16. The molecule has 0 saturated carbocycles. The number of hydrogen-bond donors (Lipinski definition) is 0. The molecular weight excluding hydrogens is 268 g/mol. The largest absolute Gasteiger partial charge is 0.492 e. The third kappa shape index (κ3) is 1.54. The van der Waals surface area contributed by atoms with Crippen LogP contribution < -0.4 is 14.2 Å². The third-order valence-corrected chi connectivity index (χ3v) is 5.28. The summed E-state index contributed by atoms with van der Waals surface area (Å²) in [4.78, 5) is 2.35. The molecule has 5 heteroatoms. The van der Waals surface area contributed by atoms with Crippen LogP contribution in [0.3, 0.4) is 0 Å². The van der Waals surface area contributed by atoms with Crippen LogP contribution in [0.25, 0.3) is 9.75 Å². The summed E-state index contributed by atoms with van der Waals surface area (Å²) in [7, 11) is 0. The minimum Gasteiger partial charge on any atom is -0.492 e. The van der Waals surface area contributed by atoms with E-state index in [2.05, 4.69) is 5.38 Å². The van der Waals surface area contributed by atoms with Crippen molar-refractivity contribution in [2.24, 2.45) is 0 Å². The van der Waals surface area contributed by atoms with E-state index in [-0.39, 0.29) is 0 Å². The van der Waals surface area contributed by atoms with Crippen LogP contribution in [0, 0.1) is 0 Å². The van der Waals surface area contributed by atoms with Gasteiger partial charge in [-0.05, 0) is 18.2 Å². The van der Waals surface area contributed by atoms with Crippen LogP contribution in [0.2, 0.25) is 0 Å². The number of rotatable bonds is 1. The van der Waals surface area contributed by atoms with Crippen molar-refractivity contribution in [3.63, 3.8) is 0 Å². The molecule has 2 aromatic heterocycles. The number of fused-ring (bicyclic) bond motifs is 2. The quantitative estimate of drug-likeness (QED) is 0.799. The summed E-state index contributed by atoms with van der Waals surface area (Å²) in [6, 6.07) is 0. The molecule has 0 atom stereocenters. The second kappa shape index (κ2) is 4.17. The Hall–Kier alpha value is -1.20. The Morgan fingerprint density at radius 3 is 2.61 bits per heavy atom. The zero-order valence-electron chi connectivity index (χ0n) is 9.73. The van der Waals surface area contributed by atoms with E-state index in [0.717, 1.165) is 41.6 Å². The topological polar surface area (TPSA) is 27.7 Å². The molecule has 4 heterocycles. The minimum absolute atomic E-state index is 0.630. The highest BCUT2D eigenvalue weighted by molar-refractivity contribution is 7.21. The number of aryl methyl sites for hydroxylation is 1. The molecule has 2 aliphatic heterocycles. The Labute approximate surface area is 113 Å². The Bertz CT molecular complexity index is 533. The van der Waals surface area contributed by atoms with Crippen molar-refractivity contribution in [3.8, 4) is 27.0 Å². The van der Waals surface area contributed by atoms with Gasteiger partial charge in [-0.15, -0.1) is 22.7 Å². The predicted molar refractivity (Wildman–Crippen MR) is 72.4 cm³/mol. The molecule has 0 spiro atoms. The summed E-state index contributed by atoms with van der Waals surface area (Å²) < 4.78 is 17.2. The van der Waals surface area contributed by atoms with Gasteiger partial charge in [-0.1, -0.05) is 0 Å². The Morgan fingerprint density at radius 2 is 1.61 bits per heavy atom. The van der Waals surface area contributed by atoms with Gasteiger partial charge in [0.05, 0.1) is 16.4 Å². The maximum Gasteiger partial charge on any atom is 0.180 e. The van der Waals surface area contributed by atoms with Crippen molar-refractivity contribution < 1.29 is 14.2 Å². The first-order valence-electron chi connectivity index (χ1n) is 6.04. The Morgan fingerprint density at radius 1 is 0.833 bits per heavy atom. The van der Waals surface area contributed by atoms with Gasteiger partial charge in [-0.2, -0.15) is 0 Å². The van der Waals surface area contributed by atoms with Crippen LogP contribution in [-0.4, -0.2) is 19.8 Å². The van der Waals surface area contributed by atoms with Crippen molar-refractivity contribution in [2.45, 2.75) is 12.8 Å². The van der Waals surface area contributed by atoms with Crippen LogP contribution in [0.4, 0.5) is 0 Å². The van der Waals surface area contributed by atoms with Crippen LogP contribution in [0.5, 0.6) is 17.2 Å². The van der Waals surface area contributed by atoms with Crippen molar-refractivity contribution >= 4 is 22.7 Å². The number of hydrogen-bond acceptors (Lipinski definition) is 5. The minimum atomic E-state index is 0.630. The maximum atomic E-state index is 5.83. The highest BCUT2D eigenvalue weighted by Crippen LogP contribution is 2.52. The standard InChI is InChI=1S/C13H12O3S2/c1-2-8-6-17-12(10(8)15-3-1)13-11-9(7-18-13)14-4-5-16-11/h6-7H,1-5H2. The summed E-state index contributed by atoms with van der Waals surface area (Å²) >= 11 is 3.42. The molecule has 0 aliphatic carbocycles. The fraction of sp³-hybridized carbons (Fsp3) is 0.385. The van der Waals surface area contributed by atoms with Gasteiger partial charge in [0, 0.05) is 10.9 Å². The molecule has 18 heavy (non-hydrogen) atoms. The van der Waals surface area contributed by atoms with Crippen molar-refractivity contribution in [1.82, 2.24) is 0 Å². The normalized spacial score (nSPS) is 17.1. The van der Waals surface area contributed by atoms with E-state index in [9.17, 15) is 0 Å². The highest BCUT2D eigenvalue weighted by Gasteiger charge is 2.25. The van der Waals surface area contributed by atoms with E-state index < -0.39 is 0 Å². The predicted octanol–water partition coefficient (Wildman–Crippen LogP) is 3.57. The molecule has 2 aromatic rings. The molecular formula is C13H12O3S2. The van der Waals surface area contributed by atoms with Crippen LogP contribution in [0.1, 0.15) is 12.0 Å². The first kappa shape index (κ1) is 10.7. The summed E-state index contributed by atoms with van der Waals surface area (Å²) in [5, 5.41) is 4.23. The molecule has 4 rings (SSSR count). The molecule has 0 radical (unpaired) electrons. The van der Waals surface area contributed by atoms with E-state index in [0.29, 0.717) is 13.2 Å². The van der Waals surface area contributed by atoms with Gasteiger partial charge in [0.15, 0.2) is 11.5 Å². The zero-order chi connectivity index (χ0) is 11.9. The average molecular weight is 280 g/mol. The van der Waals surface area contributed by atoms with Crippen LogP contribution in [-0.2, 0) is 6.42 Å². The average Bonchev–Trinajstić information content (AvgIpc) is 3.01. The molecule has 0 amide bonds. The lowest BCUT2D eigenvalue weighted by Gasteiger charge is -2.17. The van der Waals surface area contributed by atoms with Gasteiger partial charge < -0.3 is 14.2 Å². The summed E-state index contributed by atoms with van der Waals surface area (Å²) in [5.41, 5.74) is 1.33. The first-order valence-corrected chi connectivity index (χ1v) is 7.80. The van der Waals surface area contributed by atoms with E-state index >= 15 is 0 Å². The Kier molecular flexibility index (Phi) is 2.48. The van der Waals surface area contributed by atoms with Crippen LogP contribution >= 0.6 is 22.7 Å². The van der Waals surface area contributed by atoms with Crippen molar-refractivity contribution in [2.75, 3.05) is 19.8 Å². The monoisotopic (exact) mass is 280 g/mol. The SMILES string of the molecule is c1sc(-c2scc3c2OCCO3)c2c1CCCO2. The molecule has 3 nitrogen and oxygen atoms in total. The molecule has 0 fully saturated rings. The van der Waals surface area contributed by atoms with Gasteiger partial charge in [0.1, 0.15) is 19.0 Å². The van der Waals surface area contributed by atoms with Crippen LogP contribution in [0.15, 0.2) is 10.8 Å². The molecule has 94 valence electrons. The number of thiophene rings is 2. The molecule has 0 N–H and O–H groups in total. The summed E-state index contributed by atoms with van der Waals surface area (Å²) in [6.07, 6.45) is 2.24. The smallest absolute Gasteiger partial charge is 0.180 e. The highest BCUT2D eigenvalue weighted by atomic mass is 32.1. The van der Waals surface area contributed by atoms with Gasteiger partial charge in [-0.3, -0.25) is 0 Å². The van der Waals surface area contributed by atoms with Gasteiger partial charge in [-0.25, -0.2) is 0 Å².